The van der Waals surface area contributed by atoms with Crippen molar-refractivity contribution in [3.05, 3.63) is 82.2 Å². The van der Waals surface area contributed by atoms with Crippen LogP contribution in [0.3, 0.4) is 0 Å². The number of benzene rings is 2. The first kappa shape index (κ1) is 20.5. The maximum absolute atomic E-state index is 12.2. The van der Waals surface area contributed by atoms with E-state index in [1.165, 1.54) is 18.4 Å². The minimum atomic E-state index is -0.563. The normalized spacial score (nSPS) is 10.2. The second kappa shape index (κ2) is 9.31. The van der Waals surface area contributed by atoms with Crippen LogP contribution in [0.1, 0.15) is 31.2 Å². The second-order valence-electron chi connectivity index (χ2n) is 6.10. The van der Waals surface area contributed by atoms with Crippen LogP contribution in [-0.2, 0) is 11.2 Å². The lowest BCUT2D eigenvalue weighted by Gasteiger charge is -2.12. The van der Waals surface area contributed by atoms with Gasteiger partial charge in [-0.05, 0) is 36.0 Å². The summed E-state index contributed by atoms with van der Waals surface area (Å²) in [6.45, 7) is 0. The molecule has 3 aromatic rings. The van der Waals surface area contributed by atoms with E-state index in [-0.39, 0.29) is 5.11 Å². The molecule has 6 nitrogen and oxygen atoms in total. The van der Waals surface area contributed by atoms with Gasteiger partial charge in [-0.2, -0.15) is 0 Å². The number of carbonyl (C=O) groups excluding carboxylic acids is 2. The summed E-state index contributed by atoms with van der Waals surface area (Å²) in [5, 5.41) is 6.79. The lowest BCUT2D eigenvalue weighted by molar-refractivity contribution is 0.0602. The Balaban J connectivity index is 1.81. The largest absolute Gasteiger partial charge is 0.465 e. The highest BCUT2D eigenvalue weighted by molar-refractivity contribution is 7.80. The van der Waals surface area contributed by atoms with Gasteiger partial charge in [-0.15, -0.1) is 11.3 Å². The third kappa shape index (κ3) is 5.18. The van der Waals surface area contributed by atoms with E-state index in [2.05, 4.69) is 10.6 Å². The van der Waals surface area contributed by atoms with E-state index < -0.39 is 11.9 Å². The van der Waals surface area contributed by atoms with Gasteiger partial charge in [0.1, 0.15) is 5.00 Å². The molecular formula is C21H19N3O3S2. The molecular weight excluding hydrogens is 406 g/mol. The number of amides is 1. The number of hydrogen-bond acceptors (Lipinski definition) is 5. The number of ether oxygens (including phenoxy) is 1. The van der Waals surface area contributed by atoms with Crippen molar-refractivity contribution in [3.63, 3.8) is 0 Å². The van der Waals surface area contributed by atoms with E-state index in [4.69, 9.17) is 22.7 Å². The molecule has 1 heterocycles. The van der Waals surface area contributed by atoms with Gasteiger partial charge >= 0.3 is 5.97 Å². The molecule has 148 valence electrons. The van der Waals surface area contributed by atoms with Gasteiger partial charge in [0.2, 0.25) is 0 Å². The highest BCUT2D eigenvalue weighted by Crippen LogP contribution is 2.31. The van der Waals surface area contributed by atoms with Crippen LogP contribution >= 0.6 is 23.6 Å². The van der Waals surface area contributed by atoms with E-state index in [1.807, 2.05) is 30.3 Å². The number of hydrogen-bond donors (Lipinski definition) is 3. The van der Waals surface area contributed by atoms with E-state index in [1.54, 1.807) is 30.3 Å². The van der Waals surface area contributed by atoms with E-state index in [9.17, 15) is 9.59 Å². The zero-order valence-electron chi connectivity index (χ0n) is 15.6. The molecule has 0 aliphatic heterocycles. The van der Waals surface area contributed by atoms with E-state index >= 15 is 0 Å². The molecule has 2 aromatic carbocycles. The molecule has 3 rings (SSSR count). The fraction of sp³-hybridized carbons (Fsp3) is 0.0952. The zero-order chi connectivity index (χ0) is 20.8. The second-order valence-corrected chi connectivity index (χ2v) is 7.64. The third-order valence-electron chi connectivity index (χ3n) is 4.08. The Labute approximate surface area is 177 Å². The van der Waals surface area contributed by atoms with Crippen molar-refractivity contribution in [2.75, 3.05) is 17.7 Å². The predicted octanol–water partition coefficient (Wildman–Crippen LogP) is 4.03. The summed E-state index contributed by atoms with van der Waals surface area (Å²) in [4.78, 5) is 24.8. The molecule has 0 atom stereocenters. The Kier molecular flexibility index (Phi) is 6.58. The van der Waals surface area contributed by atoms with E-state index in [0.717, 1.165) is 10.4 Å². The van der Waals surface area contributed by atoms with Gasteiger partial charge < -0.3 is 21.1 Å². The van der Waals surface area contributed by atoms with Gasteiger partial charge in [-0.3, -0.25) is 4.79 Å². The van der Waals surface area contributed by atoms with Crippen molar-refractivity contribution >= 4 is 51.2 Å². The Morgan fingerprint density at radius 1 is 1.03 bits per heavy atom. The van der Waals surface area contributed by atoms with Crippen LogP contribution in [0.4, 0.5) is 10.7 Å². The first-order valence-corrected chi connectivity index (χ1v) is 9.92. The highest BCUT2D eigenvalue weighted by Gasteiger charge is 2.18. The molecule has 4 N–H and O–H groups in total. The molecule has 0 saturated carbocycles. The number of anilines is 2. The summed E-state index contributed by atoms with van der Waals surface area (Å²) >= 11 is 6.78. The fourth-order valence-electron chi connectivity index (χ4n) is 2.74. The Hall–Kier alpha value is -3.23. The number of methoxy groups -OCH3 is 1. The molecule has 0 radical (unpaired) electrons. The number of thiocarbonyl (C=S) groups is 1. The number of nitrogens with two attached hydrogens (primary N) is 1. The average molecular weight is 426 g/mol. The molecule has 0 unspecified atom stereocenters. The number of para-hydroxylation sites is 1. The summed E-state index contributed by atoms with van der Waals surface area (Å²) in [5.41, 5.74) is 7.74. The smallest absolute Gasteiger partial charge is 0.340 e. The van der Waals surface area contributed by atoms with Gasteiger partial charge in [-0.25, -0.2) is 4.79 Å². The zero-order valence-corrected chi connectivity index (χ0v) is 17.2. The Bertz CT molecular complexity index is 1050. The van der Waals surface area contributed by atoms with Crippen molar-refractivity contribution < 1.29 is 14.3 Å². The quantitative estimate of drug-likeness (QED) is 0.408. The number of rotatable bonds is 6. The van der Waals surface area contributed by atoms with Crippen molar-refractivity contribution in [3.8, 4) is 0 Å². The van der Waals surface area contributed by atoms with Gasteiger partial charge in [-0.1, -0.05) is 42.5 Å². The topological polar surface area (TPSA) is 93.4 Å². The van der Waals surface area contributed by atoms with Gasteiger partial charge in [0.25, 0.3) is 5.91 Å². The first-order chi connectivity index (χ1) is 14.0. The number of primary amides is 1. The minimum Gasteiger partial charge on any atom is -0.465 e. The molecule has 0 aliphatic rings. The molecule has 0 bridgehead atoms. The van der Waals surface area contributed by atoms with Crippen molar-refractivity contribution in [1.82, 2.24) is 0 Å². The lowest BCUT2D eigenvalue weighted by atomic mass is 10.1. The van der Waals surface area contributed by atoms with Crippen molar-refractivity contribution in [1.29, 1.82) is 0 Å². The van der Waals surface area contributed by atoms with Crippen LogP contribution in [-0.4, -0.2) is 24.1 Å². The molecule has 0 aliphatic carbocycles. The average Bonchev–Trinajstić information content (AvgIpc) is 3.10. The van der Waals surface area contributed by atoms with Gasteiger partial charge in [0.15, 0.2) is 5.11 Å². The fourth-order valence-corrected chi connectivity index (χ4v) is 4.10. The van der Waals surface area contributed by atoms with Gasteiger partial charge in [0, 0.05) is 11.3 Å². The molecule has 1 amide bonds. The number of esters is 1. The molecule has 1 aromatic heterocycles. The minimum absolute atomic E-state index is 0.233. The first-order valence-electron chi connectivity index (χ1n) is 8.69. The summed E-state index contributed by atoms with van der Waals surface area (Å²) in [6, 6.07) is 18.5. The summed E-state index contributed by atoms with van der Waals surface area (Å²) in [6.07, 6.45) is 0.682. The summed E-state index contributed by atoms with van der Waals surface area (Å²) in [7, 11) is 1.33. The Morgan fingerprint density at radius 2 is 1.72 bits per heavy atom. The SMILES string of the molecule is COC(=O)c1cc(Cc2ccccc2)sc1NC(=S)Nc1ccccc1C(N)=O. The summed E-state index contributed by atoms with van der Waals surface area (Å²) in [5.74, 6) is -1.02. The number of nitrogens with one attached hydrogen (secondary N) is 2. The maximum Gasteiger partial charge on any atom is 0.340 e. The van der Waals surface area contributed by atoms with Crippen LogP contribution in [0, 0.1) is 0 Å². The molecule has 29 heavy (non-hydrogen) atoms. The molecule has 0 spiro atoms. The van der Waals surface area contributed by atoms with Crippen LogP contribution in [0.25, 0.3) is 0 Å². The molecule has 0 fully saturated rings. The van der Waals surface area contributed by atoms with Crippen molar-refractivity contribution in [2.45, 2.75) is 6.42 Å². The third-order valence-corrected chi connectivity index (χ3v) is 5.33. The molecule has 8 heteroatoms. The summed E-state index contributed by atoms with van der Waals surface area (Å²) < 4.78 is 4.89. The monoisotopic (exact) mass is 425 g/mol. The van der Waals surface area contributed by atoms with Crippen molar-refractivity contribution in [2.24, 2.45) is 5.73 Å². The van der Waals surface area contributed by atoms with Gasteiger partial charge in [0.05, 0.1) is 23.9 Å². The molecule has 0 saturated heterocycles. The van der Waals surface area contributed by atoms with Crippen LogP contribution in [0.2, 0.25) is 0 Å². The predicted molar refractivity (Wildman–Crippen MR) is 120 cm³/mol. The van der Waals surface area contributed by atoms with Crippen LogP contribution < -0.4 is 16.4 Å². The Morgan fingerprint density at radius 3 is 2.41 bits per heavy atom. The van der Waals surface area contributed by atoms with Crippen LogP contribution in [0.5, 0.6) is 0 Å². The highest BCUT2D eigenvalue weighted by atomic mass is 32.1. The standard InChI is InChI=1S/C21H19N3O3S2/c1-27-20(26)16-12-14(11-13-7-3-2-4-8-13)29-19(16)24-21(28)23-17-10-6-5-9-15(17)18(22)25/h2-10,12H,11H2,1H3,(H2,22,25)(H2,23,24,28). The number of thiophene rings is 1. The van der Waals surface area contributed by atoms with E-state index in [0.29, 0.717) is 28.2 Å². The van der Waals surface area contributed by atoms with Crippen LogP contribution in [0.15, 0.2) is 60.7 Å². The maximum atomic E-state index is 12.2. The lowest BCUT2D eigenvalue weighted by Crippen LogP contribution is -2.22. The number of carbonyl (C=O) groups is 2.